The van der Waals surface area contributed by atoms with Crippen LogP contribution in [0.15, 0.2) is 64.5 Å². The van der Waals surface area contributed by atoms with Gasteiger partial charge < -0.3 is 10.3 Å². The number of allylic oxidation sites excluding steroid dienone is 1. The fraction of sp³-hybridized carbons (Fsp3) is 0.192. The number of hydrogen-bond donors (Lipinski definition) is 1. The molecule has 3 aliphatic rings. The molecule has 190 valence electrons. The third-order valence-corrected chi connectivity index (χ3v) is 7.73. The minimum absolute atomic E-state index is 0.0363. The van der Waals surface area contributed by atoms with Gasteiger partial charge >= 0.3 is 0 Å². The van der Waals surface area contributed by atoms with E-state index in [0.29, 0.717) is 27.5 Å². The normalized spacial score (nSPS) is 21.5. The lowest BCUT2D eigenvalue weighted by Gasteiger charge is -2.20. The number of hydrogen-bond acceptors (Lipinski definition) is 6. The number of rotatable bonds is 4. The molecule has 0 amide bonds. The van der Waals surface area contributed by atoms with Gasteiger partial charge in [-0.25, -0.2) is 13.8 Å². The van der Waals surface area contributed by atoms with Crippen molar-refractivity contribution in [2.24, 2.45) is 10.9 Å². The van der Waals surface area contributed by atoms with Crippen LogP contribution >= 0.6 is 11.6 Å². The second kappa shape index (κ2) is 8.12. The maximum Gasteiger partial charge on any atom is 0.251 e. The van der Waals surface area contributed by atoms with Crippen molar-refractivity contribution < 1.29 is 13.2 Å². The van der Waals surface area contributed by atoms with Gasteiger partial charge in [-0.1, -0.05) is 11.6 Å². The molecular weight excluding hydrogens is 519 g/mol. The van der Waals surface area contributed by atoms with Crippen LogP contribution in [0.3, 0.4) is 0 Å². The highest BCUT2D eigenvalue weighted by atomic mass is 35.5. The number of aliphatic imine (C=N–C) groups is 1. The Labute approximate surface area is 217 Å². The van der Waals surface area contributed by atoms with E-state index in [4.69, 9.17) is 17.3 Å². The average molecular weight is 536 g/mol. The van der Waals surface area contributed by atoms with Crippen molar-refractivity contribution in [1.82, 2.24) is 24.8 Å². The summed E-state index contributed by atoms with van der Waals surface area (Å²) in [4.78, 5) is 17.6. The number of nitrogens with two attached hydrogens (primary N) is 1. The van der Waals surface area contributed by atoms with Gasteiger partial charge in [-0.2, -0.15) is 9.07 Å². The van der Waals surface area contributed by atoms with Crippen LogP contribution in [0, 0.1) is 17.6 Å². The number of aromatic nitrogens is 5. The van der Waals surface area contributed by atoms with Gasteiger partial charge in [-0.05, 0) is 64.7 Å². The fourth-order valence-corrected chi connectivity index (χ4v) is 5.88. The zero-order chi connectivity index (χ0) is 26.3. The summed E-state index contributed by atoms with van der Waals surface area (Å²) in [5.74, 6) is -3.16. The van der Waals surface area contributed by atoms with Crippen LogP contribution in [0.25, 0.3) is 22.4 Å². The first-order valence-electron chi connectivity index (χ1n) is 11.8. The van der Waals surface area contributed by atoms with Crippen LogP contribution in [0.2, 0.25) is 5.02 Å². The van der Waals surface area contributed by atoms with Crippen molar-refractivity contribution >= 4 is 28.6 Å². The summed E-state index contributed by atoms with van der Waals surface area (Å²) in [6.07, 6.45) is 2.22. The minimum Gasteiger partial charge on any atom is -0.396 e. The van der Waals surface area contributed by atoms with Gasteiger partial charge in [0.1, 0.15) is 6.33 Å². The topological polar surface area (TPSA) is 104 Å². The standard InChI is InChI=1S/C26H17ClF3N7O/c27-12-1-4-20(36-10-32-34-35-36)14(7-12)11-5-21-15-8-16(15)25(37(21)22(38)6-11)19-9-17(26(30)33-19)13-2-3-18(31)24(29)23(13)28/h1-7,10,15-16,25H,8-9,31H2. The summed E-state index contributed by atoms with van der Waals surface area (Å²) < 4.78 is 46.7. The SMILES string of the molecule is Nc1ccc(C2=C(F)N=C(C3C4CC4c4cc(-c5cc(Cl)ccc5-n5cnnn5)cc(=O)n43)C2)c(F)c1F. The lowest BCUT2D eigenvalue weighted by atomic mass is 9.97. The van der Waals surface area contributed by atoms with Crippen LogP contribution in [0.1, 0.15) is 36.1 Å². The predicted molar refractivity (Wildman–Crippen MR) is 135 cm³/mol. The Morgan fingerprint density at radius 3 is 2.66 bits per heavy atom. The van der Waals surface area contributed by atoms with Gasteiger partial charge in [0.05, 0.1) is 17.4 Å². The van der Waals surface area contributed by atoms with Crippen molar-refractivity contribution in [3.05, 3.63) is 93.0 Å². The number of tetrazole rings is 1. The molecular formula is C26H17ClF3N7O. The van der Waals surface area contributed by atoms with Crippen LogP contribution in [0.4, 0.5) is 18.9 Å². The molecule has 7 rings (SSSR count). The summed E-state index contributed by atoms with van der Waals surface area (Å²) >= 11 is 6.28. The number of halogens is 4. The van der Waals surface area contributed by atoms with E-state index in [9.17, 15) is 18.0 Å². The zero-order valence-electron chi connectivity index (χ0n) is 19.4. The molecule has 2 aromatic carbocycles. The van der Waals surface area contributed by atoms with Crippen LogP contribution < -0.4 is 11.3 Å². The maximum atomic E-state index is 15.0. The molecule has 2 aromatic heterocycles. The third kappa shape index (κ3) is 3.34. The van der Waals surface area contributed by atoms with E-state index in [-0.39, 0.29) is 40.6 Å². The van der Waals surface area contributed by atoms with Gasteiger partial charge in [-0.3, -0.25) is 4.79 Å². The fourth-order valence-electron chi connectivity index (χ4n) is 5.70. The van der Waals surface area contributed by atoms with E-state index < -0.39 is 23.6 Å². The highest BCUT2D eigenvalue weighted by Crippen LogP contribution is 2.60. The Hall–Kier alpha value is -4.25. The summed E-state index contributed by atoms with van der Waals surface area (Å²) in [6.45, 7) is 0. The molecule has 8 nitrogen and oxygen atoms in total. The molecule has 4 heterocycles. The highest BCUT2D eigenvalue weighted by molar-refractivity contribution is 6.31. The molecule has 0 radical (unpaired) electrons. The van der Waals surface area contributed by atoms with Gasteiger partial charge in [0, 0.05) is 51.5 Å². The zero-order valence-corrected chi connectivity index (χ0v) is 20.2. The van der Waals surface area contributed by atoms with Gasteiger partial charge in [0.2, 0.25) is 5.95 Å². The Morgan fingerprint density at radius 1 is 1.03 bits per heavy atom. The molecule has 1 fully saturated rings. The third-order valence-electron chi connectivity index (χ3n) is 7.49. The number of pyridine rings is 1. The van der Waals surface area contributed by atoms with Crippen LogP contribution in [0.5, 0.6) is 0 Å². The monoisotopic (exact) mass is 535 g/mol. The van der Waals surface area contributed by atoms with Gasteiger partial charge in [0.15, 0.2) is 11.6 Å². The van der Waals surface area contributed by atoms with E-state index in [1.54, 1.807) is 22.8 Å². The number of benzene rings is 2. The number of anilines is 1. The molecule has 38 heavy (non-hydrogen) atoms. The number of nitrogens with zero attached hydrogens (tertiary/aromatic N) is 6. The highest BCUT2D eigenvalue weighted by Gasteiger charge is 2.55. The first kappa shape index (κ1) is 22.9. The molecule has 1 saturated carbocycles. The largest absolute Gasteiger partial charge is 0.396 e. The predicted octanol–water partition coefficient (Wildman–Crippen LogP) is 4.85. The van der Waals surface area contributed by atoms with Crippen molar-refractivity contribution in [2.45, 2.75) is 24.8 Å². The van der Waals surface area contributed by atoms with E-state index in [1.807, 2.05) is 6.07 Å². The van der Waals surface area contributed by atoms with E-state index in [2.05, 4.69) is 20.5 Å². The maximum absolute atomic E-state index is 15.0. The van der Waals surface area contributed by atoms with E-state index >= 15 is 0 Å². The van der Waals surface area contributed by atoms with Crippen molar-refractivity contribution in [3.8, 4) is 16.8 Å². The lowest BCUT2D eigenvalue weighted by Crippen LogP contribution is -2.29. The van der Waals surface area contributed by atoms with Crippen molar-refractivity contribution in [3.63, 3.8) is 0 Å². The summed E-state index contributed by atoms with van der Waals surface area (Å²) in [5, 5.41) is 11.8. The Morgan fingerprint density at radius 2 is 1.87 bits per heavy atom. The smallest absolute Gasteiger partial charge is 0.251 e. The molecule has 4 aromatic rings. The molecule has 1 aliphatic carbocycles. The van der Waals surface area contributed by atoms with Gasteiger partial charge in [-0.15, -0.1) is 5.10 Å². The second-order valence-electron chi connectivity index (χ2n) is 9.62. The van der Waals surface area contributed by atoms with Gasteiger partial charge in [0.25, 0.3) is 5.56 Å². The molecule has 0 spiro atoms. The number of fused-ring (bicyclic) bond motifs is 3. The first-order chi connectivity index (χ1) is 18.3. The van der Waals surface area contributed by atoms with Crippen molar-refractivity contribution in [1.29, 1.82) is 0 Å². The van der Waals surface area contributed by atoms with Crippen molar-refractivity contribution in [2.75, 3.05) is 5.73 Å². The van der Waals surface area contributed by atoms with E-state index in [1.165, 1.54) is 29.2 Å². The lowest BCUT2D eigenvalue weighted by molar-refractivity contribution is 0.509. The molecule has 2 aliphatic heterocycles. The molecule has 0 bridgehead atoms. The van der Waals surface area contributed by atoms with Crippen LogP contribution in [-0.2, 0) is 0 Å². The Bertz CT molecular complexity index is 1780. The second-order valence-corrected chi connectivity index (χ2v) is 10.1. The Balaban J connectivity index is 1.27. The number of nitrogen functional groups attached to an aromatic ring is 1. The van der Waals surface area contributed by atoms with Crippen LogP contribution in [-0.4, -0.2) is 30.5 Å². The minimum atomic E-state index is -1.23. The summed E-state index contributed by atoms with van der Waals surface area (Å²) in [7, 11) is 0. The average Bonchev–Trinajstić information content (AvgIpc) is 3.20. The Kier molecular flexibility index (Phi) is 4.90. The summed E-state index contributed by atoms with van der Waals surface area (Å²) in [6, 6.07) is 10.6. The summed E-state index contributed by atoms with van der Waals surface area (Å²) in [5.41, 5.74) is 7.72. The molecule has 3 unspecified atom stereocenters. The van der Waals surface area contributed by atoms with E-state index in [0.717, 1.165) is 12.1 Å². The molecule has 0 saturated heterocycles. The molecule has 2 N–H and O–H groups in total. The first-order valence-corrected chi connectivity index (χ1v) is 12.2. The quantitative estimate of drug-likeness (QED) is 0.297. The molecule has 3 atom stereocenters. The molecule has 12 heteroatoms.